The fraction of sp³-hybridized carbons (Fsp3) is 0.250. The van der Waals surface area contributed by atoms with Crippen molar-refractivity contribution >= 4 is 23.6 Å². The lowest BCUT2D eigenvalue weighted by Crippen LogP contribution is -2.35. The van der Waals surface area contributed by atoms with Gasteiger partial charge >= 0.3 is 0 Å². The minimum absolute atomic E-state index is 0.548. The fourth-order valence-electron chi connectivity index (χ4n) is 3.20. The molecule has 0 bridgehead atoms. The van der Waals surface area contributed by atoms with Crippen molar-refractivity contribution in [1.82, 2.24) is 34.3 Å². The van der Waals surface area contributed by atoms with Crippen LogP contribution >= 0.6 is 11.9 Å². The standard InChI is InChI=1S/C20H20N8OS/c1-3-19-25-26-20(29-19)14-4-6-15(7-5-14)30-27-11-17-21-8-9-28(17)18(12-27)22-16-10-13(2)23-24-16/h4-10H,3,11-12H2,1-2H3,(H,23,24). The first-order chi connectivity index (χ1) is 14.7. The summed E-state index contributed by atoms with van der Waals surface area (Å²) in [6.07, 6.45) is 4.48. The number of nitrogens with one attached hydrogen (secondary N) is 1. The van der Waals surface area contributed by atoms with Crippen molar-refractivity contribution in [2.24, 2.45) is 4.99 Å². The predicted octanol–water partition coefficient (Wildman–Crippen LogP) is 3.63. The Hall–Kier alpha value is -3.24. The Labute approximate surface area is 177 Å². The number of hydrogen-bond donors (Lipinski definition) is 1. The molecule has 0 saturated carbocycles. The zero-order valence-corrected chi connectivity index (χ0v) is 17.4. The van der Waals surface area contributed by atoms with Crippen LogP contribution < -0.4 is 0 Å². The zero-order valence-electron chi connectivity index (χ0n) is 16.6. The van der Waals surface area contributed by atoms with Gasteiger partial charge in [-0.3, -0.25) is 9.67 Å². The van der Waals surface area contributed by atoms with Gasteiger partial charge in [-0.2, -0.15) is 5.10 Å². The van der Waals surface area contributed by atoms with Crippen LogP contribution in [0.15, 0.2) is 57.0 Å². The fourth-order valence-corrected chi connectivity index (χ4v) is 4.12. The third kappa shape index (κ3) is 3.79. The molecular formula is C20H20N8OS. The van der Waals surface area contributed by atoms with E-state index >= 15 is 0 Å². The Balaban J connectivity index is 1.34. The highest BCUT2D eigenvalue weighted by Crippen LogP contribution is 2.29. The average molecular weight is 421 g/mol. The van der Waals surface area contributed by atoms with Gasteiger partial charge < -0.3 is 4.42 Å². The molecule has 0 radical (unpaired) electrons. The maximum atomic E-state index is 5.64. The number of aromatic nitrogens is 6. The van der Waals surface area contributed by atoms with Crippen molar-refractivity contribution in [3.63, 3.8) is 0 Å². The largest absolute Gasteiger partial charge is 0.421 e. The summed E-state index contributed by atoms with van der Waals surface area (Å²) in [5.74, 6) is 3.71. The van der Waals surface area contributed by atoms with Crippen molar-refractivity contribution in [2.45, 2.75) is 31.7 Å². The molecule has 0 aliphatic carbocycles. The number of imidazole rings is 1. The van der Waals surface area contributed by atoms with Gasteiger partial charge in [-0.05, 0) is 43.1 Å². The highest BCUT2D eigenvalue weighted by atomic mass is 32.2. The molecule has 3 aromatic heterocycles. The van der Waals surface area contributed by atoms with Gasteiger partial charge in [-0.15, -0.1) is 10.2 Å². The molecule has 1 N–H and O–H groups in total. The van der Waals surface area contributed by atoms with Gasteiger partial charge in [0.25, 0.3) is 0 Å². The molecule has 10 heteroatoms. The van der Waals surface area contributed by atoms with Crippen LogP contribution in [0.5, 0.6) is 0 Å². The van der Waals surface area contributed by atoms with Crippen molar-refractivity contribution in [3.05, 3.63) is 60.1 Å². The van der Waals surface area contributed by atoms with E-state index < -0.39 is 0 Å². The van der Waals surface area contributed by atoms with Gasteiger partial charge in [-0.1, -0.05) is 6.92 Å². The topological polar surface area (TPSA) is 101 Å². The molecule has 0 atom stereocenters. The molecular weight excluding hydrogens is 400 g/mol. The Kier molecular flexibility index (Phi) is 4.93. The van der Waals surface area contributed by atoms with Gasteiger partial charge in [0.05, 0.1) is 13.1 Å². The van der Waals surface area contributed by atoms with Crippen LogP contribution in [0, 0.1) is 6.92 Å². The van der Waals surface area contributed by atoms with E-state index in [0.717, 1.165) is 40.8 Å². The molecule has 0 fully saturated rings. The summed E-state index contributed by atoms with van der Waals surface area (Å²) >= 11 is 1.67. The third-order valence-electron chi connectivity index (χ3n) is 4.67. The molecule has 4 heterocycles. The number of nitrogens with zero attached hydrogens (tertiary/aromatic N) is 7. The number of aromatic amines is 1. The quantitative estimate of drug-likeness (QED) is 0.492. The molecule has 4 aromatic rings. The summed E-state index contributed by atoms with van der Waals surface area (Å²) in [5, 5.41) is 15.3. The number of H-pyrrole nitrogens is 1. The van der Waals surface area contributed by atoms with Crippen molar-refractivity contribution in [1.29, 1.82) is 0 Å². The molecule has 0 saturated heterocycles. The molecule has 152 valence electrons. The monoisotopic (exact) mass is 420 g/mol. The van der Waals surface area contributed by atoms with Crippen LogP contribution in [-0.4, -0.2) is 46.6 Å². The Morgan fingerprint density at radius 3 is 2.80 bits per heavy atom. The van der Waals surface area contributed by atoms with Crippen molar-refractivity contribution in [2.75, 3.05) is 6.54 Å². The summed E-state index contributed by atoms with van der Waals surface area (Å²) in [4.78, 5) is 10.3. The number of hydrogen-bond acceptors (Lipinski definition) is 8. The van der Waals surface area contributed by atoms with E-state index in [1.54, 1.807) is 18.1 Å². The average Bonchev–Trinajstić information content (AvgIpc) is 3.49. The molecule has 5 rings (SSSR count). The second kappa shape index (κ2) is 7.88. The van der Waals surface area contributed by atoms with E-state index in [1.807, 2.05) is 42.8 Å². The summed E-state index contributed by atoms with van der Waals surface area (Å²) in [5.41, 5.74) is 1.89. The van der Waals surface area contributed by atoms with Crippen LogP contribution in [0.4, 0.5) is 5.82 Å². The van der Waals surface area contributed by atoms with Crippen molar-refractivity contribution in [3.8, 4) is 11.5 Å². The van der Waals surface area contributed by atoms with E-state index in [-0.39, 0.29) is 0 Å². The lowest BCUT2D eigenvalue weighted by molar-refractivity contribution is 0.479. The second-order valence-electron chi connectivity index (χ2n) is 6.92. The highest BCUT2D eigenvalue weighted by Gasteiger charge is 2.23. The number of aliphatic imine (C=N–C) groups is 1. The minimum atomic E-state index is 0.548. The van der Waals surface area contributed by atoms with E-state index in [2.05, 4.69) is 41.8 Å². The first kappa shape index (κ1) is 18.8. The van der Waals surface area contributed by atoms with E-state index in [0.29, 0.717) is 24.1 Å². The lowest BCUT2D eigenvalue weighted by Gasteiger charge is -2.27. The SMILES string of the molecule is CCc1nnc(-c2ccc(SN3CC(=Nc4cc(C)[nH]n4)n4ccnc4C3)cc2)o1. The summed E-state index contributed by atoms with van der Waals surface area (Å²) in [6.45, 7) is 5.35. The molecule has 0 spiro atoms. The van der Waals surface area contributed by atoms with Crippen molar-refractivity contribution < 1.29 is 4.42 Å². The Morgan fingerprint density at radius 2 is 2.07 bits per heavy atom. The first-order valence-electron chi connectivity index (χ1n) is 9.66. The van der Waals surface area contributed by atoms with Gasteiger partial charge in [0.1, 0.15) is 11.7 Å². The maximum absolute atomic E-state index is 5.64. The van der Waals surface area contributed by atoms with Gasteiger partial charge in [0, 0.05) is 41.0 Å². The van der Waals surface area contributed by atoms with Gasteiger partial charge in [0.15, 0.2) is 5.82 Å². The smallest absolute Gasteiger partial charge is 0.247 e. The summed E-state index contributed by atoms with van der Waals surface area (Å²) < 4.78 is 9.90. The second-order valence-corrected chi connectivity index (χ2v) is 8.09. The third-order valence-corrected chi connectivity index (χ3v) is 5.67. The molecule has 9 nitrogen and oxygen atoms in total. The van der Waals surface area contributed by atoms with Crippen LogP contribution in [0.3, 0.4) is 0 Å². The molecule has 1 aromatic carbocycles. The molecule has 0 unspecified atom stereocenters. The van der Waals surface area contributed by atoms with Gasteiger partial charge in [-0.25, -0.2) is 14.3 Å². The summed E-state index contributed by atoms with van der Waals surface area (Å²) in [7, 11) is 0. The zero-order chi connectivity index (χ0) is 20.5. The van der Waals surface area contributed by atoms with Crippen LogP contribution in [0.1, 0.15) is 24.3 Å². The molecule has 1 aliphatic heterocycles. The number of fused-ring (bicyclic) bond motifs is 1. The van der Waals surface area contributed by atoms with E-state index in [9.17, 15) is 0 Å². The lowest BCUT2D eigenvalue weighted by atomic mass is 10.2. The molecule has 1 aliphatic rings. The Morgan fingerprint density at radius 1 is 1.20 bits per heavy atom. The summed E-state index contributed by atoms with van der Waals surface area (Å²) in [6, 6.07) is 10.1. The Bertz CT molecular complexity index is 1190. The predicted molar refractivity (Wildman–Crippen MR) is 113 cm³/mol. The molecule has 0 amide bonds. The van der Waals surface area contributed by atoms with Crippen LogP contribution in [-0.2, 0) is 13.0 Å². The highest BCUT2D eigenvalue weighted by molar-refractivity contribution is 7.97. The number of benzene rings is 1. The van der Waals surface area contributed by atoms with Gasteiger partial charge in [0.2, 0.25) is 11.8 Å². The number of rotatable bonds is 5. The normalized spacial score (nSPS) is 15.6. The van der Waals surface area contributed by atoms with E-state index in [1.165, 1.54) is 0 Å². The minimum Gasteiger partial charge on any atom is -0.421 e. The van der Waals surface area contributed by atoms with Crippen LogP contribution in [0.2, 0.25) is 0 Å². The van der Waals surface area contributed by atoms with Crippen LogP contribution in [0.25, 0.3) is 11.5 Å². The first-order valence-corrected chi connectivity index (χ1v) is 10.4. The maximum Gasteiger partial charge on any atom is 0.247 e. The molecule has 30 heavy (non-hydrogen) atoms. The van der Waals surface area contributed by atoms with E-state index in [4.69, 9.17) is 9.41 Å². The number of aryl methyl sites for hydroxylation is 2.